The smallest absolute Gasteiger partial charge is 0.277 e. The van der Waals surface area contributed by atoms with Crippen molar-refractivity contribution in [2.75, 3.05) is 6.61 Å². The maximum absolute atomic E-state index is 12.6. The average molecular weight is 388 g/mol. The van der Waals surface area contributed by atoms with E-state index in [-0.39, 0.29) is 12.2 Å². The van der Waals surface area contributed by atoms with Crippen LogP contribution in [-0.4, -0.2) is 28.3 Å². The molecule has 28 heavy (non-hydrogen) atoms. The number of nitro groups is 2. The van der Waals surface area contributed by atoms with Gasteiger partial charge in [0.25, 0.3) is 23.2 Å². The summed E-state index contributed by atoms with van der Waals surface area (Å²) in [4.78, 5) is 50.1. The minimum atomic E-state index is -1.18. The summed E-state index contributed by atoms with van der Waals surface area (Å²) < 4.78 is 0. The summed E-state index contributed by atoms with van der Waals surface area (Å²) in [6.45, 7) is 1.84. The Balaban J connectivity index is 2.36. The van der Waals surface area contributed by atoms with E-state index in [1.807, 2.05) is 0 Å². The van der Waals surface area contributed by atoms with Crippen LogP contribution in [0.1, 0.15) is 28.9 Å². The summed E-state index contributed by atoms with van der Waals surface area (Å²) in [6, 6.07) is 9.55. The number of hydroxylamine groups is 1. The van der Waals surface area contributed by atoms with Crippen LogP contribution in [0.3, 0.4) is 0 Å². The van der Waals surface area contributed by atoms with Gasteiger partial charge in [0, 0.05) is 12.1 Å². The first-order chi connectivity index (χ1) is 13.3. The van der Waals surface area contributed by atoms with E-state index in [9.17, 15) is 29.8 Å². The second kappa shape index (κ2) is 9.19. The molecular formula is C17H16N4O7. The van der Waals surface area contributed by atoms with Crippen molar-refractivity contribution >= 4 is 23.2 Å². The molecule has 0 saturated heterocycles. The van der Waals surface area contributed by atoms with Gasteiger partial charge < -0.3 is 5.32 Å². The summed E-state index contributed by atoms with van der Waals surface area (Å²) >= 11 is 0. The lowest BCUT2D eigenvalue weighted by atomic mass is 10.1. The second-order valence-electron chi connectivity index (χ2n) is 5.47. The Kier molecular flexibility index (Phi) is 6.71. The highest BCUT2D eigenvalue weighted by molar-refractivity contribution is 5.98. The van der Waals surface area contributed by atoms with Gasteiger partial charge in [0.05, 0.1) is 28.1 Å². The average Bonchev–Trinajstić information content (AvgIpc) is 2.70. The minimum Gasteiger partial charge on any atom is -0.336 e. The standard InChI is InChI=1S/C17H16N4O7/c1-2-28-19-17(23)15(11-6-4-3-5-7-11)18-16(22)12-8-13(20(24)25)10-14(9-12)21(26)27/h3-10,15H,2H2,1H3,(H,18,22)(H,19,23)/t15-/m0/s1. The van der Waals surface area contributed by atoms with Crippen LogP contribution in [0.25, 0.3) is 0 Å². The van der Waals surface area contributed by atoms with E-state index in [0.717, 1.165) is 18.2 Å². The number of hydrogen-bond donors (Lipinski definition) is 2. The van der Waals surface area contributed by atoms with Crippen molar-refractivity contribution in [1.29, 1.82) is 0 Å². The molecule has 11 heteroatoms. The number of non-ortho nitro benzene ring substituents is 2. The Bertz CT molecular complexity index is 869. The predicted molar refractivity (Wildman–Crippen MR) is 96.2 cm³/mol. The molecule has 0 aliphatic rings. The number of amides is 2. The summed E-state index contributed by atoms with van der Waals surface area (Å²) in [5.74, 6) is -1.58. The van der Waals surface area contributed by atoms with Crippen molar-refractivity contribution < 1.29 is 24.3 Å². The quantitative estimate of drug-likeness (QED) is 0.518. The third-order valence-electron chi connectivity index (χ3n) is 3.57. The lowest BCUT2D eigenvalue weighted by Crippen LogP contribution is -2.40. The van der Waals surface area contributed by atoms with Crippen LogP contribution < -0.4 is 10.8 Å². The Morgan fingerprint density at radius 3 is 2.11 bits per heavy atom. The van der Waals surface area contributed by atoms with E-state index in [1.165, 1.54) is 0 Å². The van der Waals surface area contributed by atoms with Gasteiger partial charge in [-0.05, 0) is 12.5 Å². The van der Waals surface area contributed by atoms with Crippen molar-refractivity contribution in [3.05, 3.63) is 79.9 Å². The predicted octanol–water partition coefficient (Wildman–Crippen LogP) is 2.04. The molecule has 2 N–H and O–H groups in total. The summed E-state index contributed by atoms with van der Waals surface area (Å²) in [5, 5.41) is 24.4. The third kappa shape index (κ3) is 5.08. The first-order valence-electron chi connectivity index (χ1n) is 8.04. The molecule has 2 rings (SSSR count). The normalized spacial score (nSPS) is 11.3. The molecule has 0 bridgehead atoms. The van der Waals surface area contributed by atoms with Gasteiger partial charge in [0.2, 0.25) is 0 Å². The van der Waals surface area contributed by atoms with E-state index in [2.05, 4.69) is 10.8 Å². The van der Waals surface area contributed by atoms with Crippen LogP contribution in [0.2, 0.25) is 0 Å². The van der Waals surface area contributed by atoms with Gasteiger partial charge in [0.1, 0.15) is 6.04 Å². The fraction of sp³-hybridized carbons (Fsp3) is 0.176. The summed E-state index contributed by atoms with van der Waals surface area (Å²) in [5.41, 5.74) is 1.04. The lowest BCUT2D eigenvalue weighted by Gasteiger charge is -2.18. The number of benzene rings is 2. The summed E-state index contributed by atoms with van der Waals surface area (Å²) in [7, 11) is 0. The zero-order valence-corrected chi connectivity index (χ0v) is 14.7. The van der Waals surface area contributed by atoms with Crippen LogP contribution in [-0.2, 0) is 9.63 Å². The highest BCUT2D eigenvalue weighted by Gasteiger charge is 2.26. The maximum Gasteiger partial charge on any atom is 0.277 e. The van der Waals surface area contributed by atoms with E-state index < -0.39 is 39.1 Å². The number of nitro benzene ring substituents is 2. The SMILES string of the molecule is CCONC(=O)[C@@H](NC(=O)c1cc([N+](=O)[O-])cc([N+](=O)[O-])c1)c1ccccc1. The largest absolute Gasteiger partial charge is 0.336 e. The van der Waals surface area contributed by atoms with Crippen molar-refractivity contribution in [2.45, 2.75) is 13.0 Å². The zero-order chi connectivity index (χ0) is 20.7. The first kappa shape index (κ1) is 20.5. The highest BCUT2D eigenvalue weighted by Crippen LogP contribution is 2.23. The number of nitrogens with zero attached hydrogens (tertiary/aromatic N) is 2. The van der Waals surface area contributed by atoms with Gasteiger partial charge in [-0.2, -0.15) is 0 Å². The monoisotopic (exact) mass is 388 g/mol. The van der Waals surface area contributed by atoms with Crippen LogP contribution in [0.4, 0.5) is 11.4 Å². The van der Waals surface area contributed by atoms with E-state index in [0.29, 0.717) is 5.56 Å². The van der Waals surface area contributed by atoms with Gasteiger partial charge in [-0.15, -0.1) is 0 Å². The Hall–Kier alpha value is -3.86. The molecule has 2 aromatic carbocycles. The molecule has 0 saturated carbocycles. The minimum absolute atomic E-state index is 0.193. The molecule has 0 fully saturated rings. The third-order valence-corrected chi connectivity index (χ3v) is 3.57. The topological polar surface area (TPSA) is 154 Å². The van der Waals surface area contributed by atoms with Crippen molar-refractivity contribution in [2.24, 2.45) is 0 Å². The van der Waals surface area contributed by atoms with Crippen molar-refractivity contribution in [1.82, 2.24) is 10.8 Å². The molecule has 0 aliphatic carbocycles. The lowest BCUT2D eigenvalue weighted by molar-refractivity contribution is -0.394. The van der Waals surface area contributed by atoms with Gasteiger partial charge >= 0.3 is 0 Å². The molecule has 0 heterocycles. The molecule has 2 amide bonds. The molecular weight excluding hydrogens is 372 g/mol. The molecule has 1 atom stereocenters. The molecule has 0 unspecified atom stereocenters. The molecule has 0 aliphatic heterocycles. The van der Waals surface area contributed by atoms with Crippen LogP contribution >= 0.6 is 0 Å². The Labute approximate surface area is 158 Å². The molecule has 146 valence electrons. The number of carbonyl (C=O) groups is 2. The van der Waals surface area contributed by atoms with E-state index >= 15 is 0 Å². The van der Waals surface area contributed by atoms with Crippen LogP contribution in [0.5, 0.6) is 0 Å². The van der Waals surface area contributed by atoms with Gasteiger partial charge in [0.15, 0.2) is 0 Å². The Morgan fingerprint density at radius 2 is 1.61 bits per heavy atom. The van der Waals surface area contributed by atoms with Gasteiger partial charge in [-0.25, -0.2) is 5.48 Å². The maximum atomic E-state index is 12.6. The van der Waals surface area contributed by atoms with Crippen LogP contribution in [0.15, 0.2) is 48.5 Å². The van der Waals surface area contributed by atoms with Crippen molar-refractivity contribution in [3.8, 4) is 0 Å². The number of nitrogens with one attached hydrogen (secondary N) is 2. The number of hydrogen-bond acceptors (Lipinski definition) is 7. The fourth-order valence-electron chi connectivity index (χ4n) is 2.30. The molecule has 0 spiro atoms. The van der Waals surface area contributed by atoms with Gasteiger partial charge in [-0.3, -0.25) is 34.7 Å². The highest BCUT2D eigenvalue weighted by atomic mass is 16.7. The van der Waals surface area contributed by atoms with Gasteiger partial charge in [-0.1, -0.05) is 30.3 Å². The fourth-order valence-corrected chi connectivity index (χ4v) is 2.30. The second-order valence-corrected chi connectivity index (χ2v) is 5.47. The van der Waals surface area contributed by atoms with Crippen molar-refractivity contribution in [3.63, 3.8) is 0 Å². The van der Waals surface area contributed by atoms with E-state index in [4.69, 9.17) is 4.84 Å². The Morgan fingerprint density at radius 1 is 1.04 bits per heavy atom. The molecule has 0 aromatic heterocycles. The summed E-state index contributed by atoms with van der Waals surface area (Å²) in [6.07, 6.45) is 0. The zero-order valence-electron chi connectivity index (χ0n) is 14.7. The van der Waals surface area contributed by atoms with E-state index in [1.54, 1.807) is 37.3 Å². The number of rotatable bonds is 8. The molecule has 11 nitrogen and oxygen atoms in total. The number of carbonyl (C=O) groups excluding carboxylic acids is 2. The first-order valence-corrected chi connectivity index (χ1v) is 8.04. The molecule has 2 aromatic rings. The molecule has 0 radical (unpaired) electrons. The van der Waals surface area contributed by atoms with Crippen LogP contribution in [0, 0.1) is 20.2 Å².